The molecule has 1 aliphatic heterocycles. The minimum absolute atomic E-state index is 0.0403. The van der Waals surface area contributed by atoms with E-state index < -0.39 is 17.6 Å². The van der Waals surface area contributed by atoms with Crippen LogP contribution in [0, 0.1) is 5.82 Å². The van der Waals surface area contributed by atoms with E-state index in [9.17, 15) is 14.0 Å². The van der Waals surface area contributed by atoms with Gasteiger partial charge in [-0.25, -0.2) is 4.39 Å². The van der Waals surface area contributed by atoms with Crippen molar-refractivity contribution in [3.8, 4) is 5.75 Å². The third-order valence-electron chi connectivity index (χ3n) is 2.54. The number of carbonyl (C=O) groups is 2. The van der Waals surface area contributed by atoms with E-state index in [0.29, 0.717) is 11.3 Å². The smallest absolute Gasteiger partial charge is 0.234 e. The standard InChI is InChI=1S/C11H10FNO3/c1-16-9-3-2-6(12)4-7(9)8-5-10(14)13-11(8)15/h2-4,8H,5H2,1H3,(H,13,14,15). The summed E-state index contributed by atoms with van der Waals surface area (Å²) in [6.45, 7) is 0. The highest BCUT2D eigenvalue weighted by atomic mass is 19.1. The molecule has 1 unspecified atom stereocenters. The van der Waals surface area contributed by atoms with Gasteiger partial charge in [-0.2, -0.15) is 0 Å². The summed E-state index contributed by atoms with van der Waals surface area (Å²) in [7, 11) is 1.44. The quantitative estimate of drug-likeness (QED) is 0.760. The number of benzene rings is 1. The van der Waals surface area contributed by atoms with Crippen molar-refractivity contribution < 1.29 is 18.7 Å². The molecule has 0 aromatic heterocycles. The second-order valence-electron chi connectivity index (χ2n) is 3.56. The van der Waals surface area contributed by atoms with Gasteiger partial charge in [-0.3, -0.25) is 14.9 Å². The number of halogens is 1. The number of methoxy groups -OCH3 is 1. The van der Waals surface area contributed by atoms with Crippen LogP contribution in [0.4, 0.5) is 4.39 Å². The maximum atomic E-state index is 13.1. The zero-order valence-corrected chi connectivity index (χ0v) is 8.62. The normalized spacial score (nSPS) is 19.8. The van der Waals surface area contributed by atoms with Crippen molar-refractivity contribution in [2.24, 2.45) is 0 Å². The van der Waals surface area contributed by atoms with Crippen molar-refractivity contribution in [2.45, 2.75) is 12.3 Å². The van der Waals surface area contributed by atoms with Gasteiger partial charge in [0.15, 0.2) is 0 Å². The topological polar surface area (TPSA) is 55.4 Å². The van der Waals surface area contributed by atoms with Gasteiger partial charge in [0.05, 0.1) is 13.0 Å². The van der Waals surface area contributed by atoms with Crippen molar-refractivity contribution in [3.05, 3.63) is 29.6 Å². The molecule has 1 heterocycles. The number of ether oxygens (including phenoxy) is 1. The summed E-state index contributed by atoms with van der Waals surface area (Å²) in [5, 5.41) is 2.18. The minimum atomic E-state index is -0.654. The van der Waals surface area contributed by atoms with Gasteiger partial charge in [-0.15, -0.1) is 0 Å². The van der Waals surface area contributed by atoms with Crippen LogP contribution in [0.2, 0.25) is 0 Å². The van der Waals surface area contributed by atoms with Crippen LogP contribution < -0.4 is 10.1 Å². The Kier molecular flexibility index (Phi) is 2.60. The first kappa shape index (κ1) is 10.6. The van der Waals surface area contributed by atoms with E-state index in [1.807, 2.05) is 0 Å². The van der Waals surface area contributed by atoms with E-state index in [1.54, 1.807) is 0 Å². The summed E-state index contributed by atoms with van der Waals surface area (Å²) in [6, 6.07) is 3.92. The second kappa shape index (κ2) is 3.92. The molecular weight excluding hydrogens is 213 g/mol. The summed E-state index contributed by atoms with van der Waals surface area (Å²) >= 11 is 0. The van der Waals surface area contributed by atoms with Crippen molar-refractivity contribution in [1.29, 1.82) is 0 Å². The Labute approximate surface area is 91.4 Å². The third-order valence-corrected chi connectivity index (χ3v) is 2.54. The monoisotopic (exact) mass is 223 g/mol. The molecule has 0 saturated carbocycles. The molecule has 1 atom stereocenters. The summed E-state index contributed by atoms with van der Waals surface area (Å²) in [5.41, 5.74) is 0.408. The molecule has 0 bridgehead atoms. The Morgan fingerprint density at radius 2 is 2.19 bits per heavy atom. The number of rotatable bonds is 2. The van der Waals surface area contributed by atoms with Crippen molar-refractivity contribution in [2.75, 3.05) is 7.11 Å². The molecule has 0 aliphatic carbocycles. The Morgan fingerprint density at radius 1 is 1.44 bits per heavy atom. The number of hydrogen-bond acceptors (Lipinski definition) is 3. The molecule has 5 heteroatoms. The molecule has 84 valence electrons. The maximum Gasteiger partial charge on any atom is 0.234 e. The van der Waals surface area contributed by atoms with E-state index in [4.69, 9.17) is 4.74 Å². The fourth-order valence-electron chi connectivity index (χ4n) is 1.78. The van der Waals surface area contributed by atoms with Crippen molar-refractivity contribution >= 4 is 11.8 Å². The minimum Gasteiger partial charge on any atom is -0.496 e. The van der Waals surface area contributed by atoms with E-state index in [2.05, 4.69) is 5.32 Å². The first-order chi connectivity index (χ1) is 7.61. The molecule has 2 amide bonds. The molecular formula is C11H10FNO3. The van der Waals surface area contributed by atoms with Gasteiger partial charge in [-0.05, 0) is 18.2 Å². The van der Waals surface area contributed by atoms with Crippen LogP contribution in [0.25, 0.3) is 0 Å². The Balaban J connectivity index is 2.42. The molecule has 16 heavy (non-hydrogen) atoms. The molecule has 1 N–H and O–H groups in total. The van der Waals surface area contributed by atoms with Crippen LogP contribution in [0.1, 0.15) is 17.9 Å². The van der Waals surface area contributed by atoms with Crippen LogP contribution in [0.15, 0.2) is 18.2 Å². The molecule has 1 aromatic carbocycles. The fraction of sp³-hybridized carbons (Fsp3) is 0.273. The highest BCUT2D eigenvalue weighted by molar-refractivity contribution is 6.06. The highest BCUT2D eigenvalue weighted by Crippen LogP contribution is 2.32. The second-order valence-corrected chi connectivity index (χ2v) is 3.56. The number of carbonyl (C=O) groups excluding carboxylic acids is 2. The van der Waals surface area contributed by atoms with Crippen LogP contribution >= 0.6 is 0 Å². The van der Waals surface area contributed by atoms with Gasteiger partial charge in [0.2, 0.25) is 11.8 Å². The van der Waals surface area contributed by atoms with Crippen LogP contribution in [0.5, 0.6) is 5.75 Å². The zero-order valence-electron chi connectivity index (χ0n) is 8.62. The first-order valence-corrected chi connectivity index (χ1v) is 4.79. The lowest BCUT2D eigenvalue weighted by Gasteiger charge is -2.11. The first-order valence-electron chi connectivity index (χ1n) is 4.79. The number of amides is 2. The number of imide groups is 1. The predicted molar refractivity (Wildman–Crippen MR) is 53.5 cm³/mol. The molecule has 4 nitrogen and oxygen atoms in total. The third kappa shape index (κ3) is 1.76. The van der Waals surface area contributed by atoms with Gasteiger partial charge in [0.1, 0.15) is 11.6 Å². The number of nitrogens with one attached hydrogen (secondary N) is 1. The molecule has 1 fully saturated rings. The van der Waals surface area contributed by atoms with Crippen LogP contribution in [-0.4, -0.2) is 18.9 Å². The van der Waals surface area contributed by atoms with E-state index in [-0.39, 0.29) is 12.3 Å². The summed E-state index contributed by atoms with van der Waals surface area (Å²) in [5.74, 6) is -1.45. The van der Waals surface area contributed by atoms with Gasteiger partial charge >= 0.3 is 0 Å². The lowest BCUT2D eigenvalue weighted by Crippen LogP contribution is -2.21. The SMILES string of the molecule is COc1ccc(F)cc1C1CC(=O)NC1=O. The molecule has 2 rings (SSSR count). The lowest BCUT2D eigenvalue weighted by atomic mass is 9.96. The van der Waals surface area contributed by atoms with E-state index >= 15 is 0 Å². The largest absolute Gasteiger partial charge is 0.496 e. The van der Waals surface area contributed by atoms with Gasteiger partial charge in [0, 0.05) is 12.0 Å². The van der Waals surface area contributed by atoms with E-state index in [1.165, 1.54) is 25.3 Å². The summed E-state index contributed by atoms with van der Waals surface area (Å²) in [6.07, 6.45) is 0.0403. The molecule has 1 aliphatic rings. The van der Waals surface area contributed by atoms with Gasteiger partial charge in [-0.1, -0.05) is 0 Å². The highest BCUT2D eigenvalue weighted by Gasteiger charge is 2.33. The van der Waals surface area contributed by atoms with E-state index in [0.717, 1.165) is 0 Å². The Bertz CT molecular complexity index is 459. The molecule has 0 spiro atoms. The van der Waals surface area contributed by atoms with Crippen molar-refractivity contribution in [1.82, 2.24) is 5.32 Å². The average Bonchev–Trinajstić information content (AvgIpc) is 2.57. The van der Waals surface area contributed by atoms with Gasteiger partial charge in [0.25, 0.3) is 0 Å². The predicted octanol–water partition coefficient (Wildman–Crippen LogP) is 0.964. The zero-order chi connectivity index (χ0) is 11.7. The summed E-state index contributed by atoms with van der Waals surface area (Å²) in [4.78, 5) is 22.5. The average molecular weight is 223 g/mol. The van der Waals surface area contributed by atoms with Crippen LogP contribution in [0.3, 0.4) is 0 Å². The van der Waals surface area contributed by atoms with Crippen LogP contribution in [-0.2, 0) is 9.59 Å². The molecule has 1 saturated heterocycles. The van der Waals surface area contributed by atoms with Gasteiger partial charge < -0.3 is 4.74 Å². The molecule has 1 aromatic rings. The maximum absolute atomic E-state index is 13.1. The Hall–Kier alpha value is -1.91. The fourth-order valence-corrected chi connectivity index (χ4v) is 1.78. The lowest BCUT2D eigenvalue weighted by molar-refractivity contribution is -0.125. The number of hydrogen-bond donors (Lipinski definition) is 1. The Morgan fingerprint density at radius 3 is 2.75 bits per heavy atom. The molecule has 0 radical (unpaired) electrons. The summed E-state index contributed by atoms with van der Waals surface area (Å²) < 4.78 is 18.1. The van der Waals surface area contributed by atoms with Crippen molar-refractivity contribution in [3.63, 3.8) is 0 Å².